The van der Waals surface area contributed by atoms with Gasteiger partial charge < -0.3 is 5.32 Å². The molecule has 1 aromatic carbocycles. The van der Waals surface area contributed by atoms with Crippen molar-refractivity contribution in [3.8, 4) is 0 Å². The highest BCUT2D eigenvalue weighted by molar-refractivity contribution is 7.98. The summed E-state index contributed by atoms with van der Waals surface area (Å²) in [5.74, 6) is -0.174. The van der Waals surface area contributed by atoms with E-state index in [-0.39, 0.29) is 11.9 Å². The van der Waals surface area contributed by atoms with Crippen LogP contribution < -0.4 is 5.32 Å². The van der Waals surface area contributed by atoms with Gasteiger partial charge in [0.15, 0.2) is 0 Å². The molecule has 1 heterocycles. The molecule has 2 aromatic rings. The van der Waals surface area contributed by atoms with Crippen molar-refractivity contribution in [3.63, 3.8) is 0 Å². The van der Waals surface area contributed by atoms with E-state index in [2.05, 4.69) is 10.4 Å². The Labute approximate surface area is 133 Å². The van der Waals surface area contributed by atoms with Crippen molar-refractivity contribution in [3.05, 3.63) is 46.2 Å². The third kappa shape index (κ3) is 3.41. The average Bonchev–Trinajstić information content (AvgIpc) is 2.79. The van der Waals surface area contributed by atoms with Crippen LogP contribution in [0, 0.1) is 6.92 Å². The lowest BCUT2D eigenvalue weighted by molar-refractivity contribution is 0.0939. The van der Waals surface area contributed by atoms with Crippen LogP contribution in [0.5, 0.6) is 0 Å². The second-order valence-corrected chi connectivity index (χ2v) is 6.14. The Kier molecular flexibility index (Phi) is 4.96. The van der Waals surface area contributed by atoms with Crippen molar-refractivity contribution >= 4 is 29.3 Å². The number of amides is 1. The van der Waals surface area contributed by atoms with E-state index in [4.69, 9.17) is 11.6 Å². The summed E-state index contributed by atoms with van der Waals surface area (Å²) >= 11 is 7.70. The zero-order chi connectivity index (χ0) is 15.6. The number of nitrogens with zero attached hydrogens (tertiary/aromatic N) is 2. The Morgan fingerprint density at radius 1 is 1.48 bits per heavy atom. The second kappa shape index (κ2) is 6.54. The summed E-state index contributed by atoms with van der Waals surface area (Å²) in [6.07, 6.45) is 3.74. The van der Waals surface area contributed by atoms with Gasteiger partial charge in [-0.1, -0.05) is 11.6 Å². The van der Waals surface area contributed by atoms with Crippen LogP contribution in [0.4, 0.5) is 0 Å². The fraction of sp³-hybridized carbons (Fsp3) is 0.333. The molecule has 1 amide bonds. The zero-order valence-corrected chi connectivity index (χ0v) is 14.0. The van der Waals surface area contributed by atoms with E-state index >= 15 is 0 Å². The first kappa shape index (κ1) is 15.9. The van der Waals surface area contributed by atoms with E-state index in [1.54, 1.807) is 28.7 Å². The summed E-state index contributed by atoms with van der Waals surface area (Å²) in [7, 11) is 1.88. The van der Waals surface area contributed by atoms with Gasteiger partial charge in [0.05, 0.1) is 22.8 Å². The predicted molar refractivity (Wildman–Crippen MR) is 87.1 cm³/mol. The van der Waals surface area contributed by atoms with Crippen LogP contribution in [0.15, 0.2) is 29.3 Å². The number of carbonyl (C=O) groups excluding carboxylic acids is 1. The molecule has 0 bridgehead atoms. The topological polar surface area (TPSA) is 46.9 Å². The van der Waals surface area contributed by atoms with E-state index in [9.17, 15) is 4.79 Å². The first-order valence-corrected chi connectivity index (χ1v) is 8.17. The largest absolute Gasteiger partial charge is 0.345 e. The minimum absolute atomic E-state index is 0.125. The van der Waals surface area contributed by atoms with Crippen LogP contribution in [0.25, 0.3) is 0 Å². The molecular weight excluding hydrogens is 306 g/mol. The lowest BCUT2D eigenvalue weighted by atomic mass is 10.1. The average molecular weight is 324 g/mol. The van der Waals surface area contributed by atoms with Gasteiger partial charge in [-0.05, 0) is 38.3 Å². The molecule has 2 rings (SSSR count). The number of benzene rings is 1. The molecule has 0 saturated carbocycles. The number of rotatable bonds is 4. The smallest absolute Gasteiger partial charge is 0.253 e. The van der Waals surface area contributed by atoms with Crippen LogP contribution in [0.1, 0.15) is 34.6 Å². The number of nitrogens with one attached hydrogen (secondary N) is 1. The summed E-state index contributed by atoms with van der Waals surface area (Å²) < 4.78 is 1.79. The normalized spacial score (nSPS) is 12.2. The van der Waals surface area contributed by atoms with Gasteiger partial charge in [-0.3, -0.25) is 9.48 Å². The first-order chi connectivity index (χ1) is 9.93. The van der Waals surface area contributed by atoms with Crippen molar-refractivity contribution in [2.45, 2.75) is 24.8 Å². The van der Waals surface area contributed by atoms with E-state index in [1.807, 2.05) is 39.3 Å². The van der Waals surface area contributed by atoms with Crippen molar-refractivity contribution < 1.29 is 4.79 Å². The molecule has 112 valence electrons. The molecule has 4 nitrogen and oxygen atoms in total. The third-order valence-electron chi connectivity index (χ3n) is 3.51. The number of aryl methyl sites for hydroxylation is 1. The van der Waals surface area contributed by atoms with Crippen LogP contribution in [-0.2, 0) is 7.05 Å². The van der Waals surface area contributed by atoms with Crippen LogP contribution >= 0.6 is 23.4 Å². The Morgan fingerprint density at radius 3 is 2.76 bits per heavy atom. The van der Waals surface area contributed by atoms with Gasteiger partial charge in [-0.15, -0.1) is 11.8 Å². The Bertz CT molecular complexity index is 669. The van der Waals surface area contributed by atoms with Gasteiger partial charge in [-0.2, -0.15) is 5.10 Å². The standard InChI is InChI=1S/C15H18ClN3OS/c1-9(13-8-17-19(3)10(13)2)18-15(20)12-7-11(21-4)5-6-14(12)16/h5-9H,1-4H3,(H,18,20)/t9-/m0/s1. The maximum absolute atomic E-state index is 12.4. The highest BCUT2D eigenvalue weighted by Crippen LogP contribution is 2.24. The Hall–Kier alpha value is -1.46. The van der Waals surface area contributed by atoms with Crippen molar-refractivity contribution in [1.82, 2.24) is 15.1 Å². The highest BCUT2D eigenvalue weighted by atomic mass is 35.5. The summed E-state index contributed by atoms with van der Waals surface area (Å²) in [5.41, 5.74) is 2.53. The maximum Gasteiger partial charge on any atom is 0.253 e. The molecule has 0 unspecified atom stereocenters. The number of hydrogen-bond donors (Lipinski definition) is 1. The molecular formula is C15H18ClN3OS. The summed E-state index contributed by atoms with van der Waals surface area (Å²) in [6.45, 7) is 3.92. The summed E-state index contributed by atoms with van der Waals surface area (Å²) in [6, 6.07) is 5.34. The fourth-order valence-corrected chi connectivity index (χ4v) is 2.74. The quantitative estimate of drug-likeness (QED) is 0.875. The van der Waals surface area contributed by atoms with Gasteiger partial charge in [-0.25, -0.2) is 0 Å². The molecule has 0 aliphatic rings. The van der Waals surface area contributed by atoms with Gasteiger partial charge in [0.1, 0.15) is 0 Å². The van der Waals surface area contributed by atoms with Crippen LogP contribution in [0.3, 0.4) is 0 Å². The second-order valence-electron chi connectivity index (χ2n) is 4.85. The molecule has 0 aliphatic carbocycles. The monoisotopic (exact) mass is 323 g/mol. The Morgan fingerprint density at radius 2 is 2.19 bits per heavy atom. The van der Waals surface area contributed by atoms with Gasteiger partial charge in [0.25, 0.3) is 5.91 Å². The van der Waals surface area contributed by atoms with E-state index < -0.39 is 0 Å². The van der Waals surface area contributed by atoms with Crippen molar-refractivity contribution in [1.29, 1.82) is 0 Å². The third-order valence-corrected chi connectivity index (χ3v) is 4.56. The first-order valence-electron chi connectivity index (χ1n) is 6.57. The highest BCUT2D eigenvalue weighted by Gasteiger charge is 2.17. The number of aromatic nitrogens is 2. The number of hydrogen-bond acceptors (Lipinski definition) is 3. The van der Waals surface area contributed by atoms with Gasteiger partial charge >= 0.3 is 0 Å². The molecule has 0 spiro atoms. The molecule has 1 atom stereocenters. The van der Waals surface area contributed by atoms with E-state index in [1.165, 1.54) is 0 Å². The molecule has 1 aromatic heterocycles. The van der Waals surface area contributed by atoms with Crippen molar-refractivity contribution in [2.75, 3.05) is 6.26 Å². The van der Waals surface area contributed by atoms with E-state index in [0.29, 0.717) is 10.6 Å². The number of carbonyl (C=O) groups is 1. The molecule has 0 saturated heterocycles. The lowest BCUT2D eigenvalue weighted by Gasteiger charge is -2.15. The Balaban J connectivity index is 2.20. The summed E-state index contributed by atoms with van der Waals surface area (Å²) in [4.78, 5) is 13.4. The number of thioether (sulfide) groups is 1. The van der Waals surface area contributed by atoms with Crippen molar-refractivity contribution in [2.24, 2.45) is 7.05 Å². The minimum atomic E-state index is -0.174. The fourth-order valence-electron chi connectivity index (χ4n) is 2.10. The molecule has 6 heteroatoms. The molecule has 1 N–H and O–H groups in total. The number of halogens is 1. The molecule has 0 aliphatic heterocycles. The lowest BCUT2D eigenvalue weighted by Crippen LogP contribution is -2.27. The zero-order valence-electron chi connectivity index (χ0n) is 12.5. The molecule has 0 radical (unpaired) electrons. The van der Waals surface area contributed by atoms with Gasteiger partial charge in [0.2, 0.25) is 0 Å². The van der Waals surface area contributed by atoms with Crippen LogP contribution in [0.2, 0.25) is 5.02 Å². The molecule has 21 heavy (non-hydrogen) atoms. The van der Waals surface area contributed by atoms with Crippen LogP contribution in [-0.4, -0.2) is 21.9 Å². The summed E-state index contributed by atoms with van der Waals surface area (Å²) in [5, 5.41) is 7.63. The van der Waals surface area contributed by atoms with E-state index in [0.717, 1.165) is 16.2 Å². The minimum Gasteiger partial charge on any atom is -0.345 e. The predicted octanol–water partition coefficient (Wildman–Crippen LogP) is 3.59. The van der Waals surface area contributed by atoms with Gasteiger partial charge in [0, 0.05) is 23.2 Å². The maximum atomic E-state index is 12.4. The molecule has 0 fully saturated rings. The SMILES string of the molecule is CSc1ccc(Cl)c(C(=O)N[C@@H](C)c2cnn(C)c2C)c1.